The Hall–Kier alpha value is -1.23. The number of esters is 1. The third-order valence-electron chi connectivity index (χ3n) is 3.50. The van der Waals surface area contributed by atoms with Crippen molar-refractivity contribution in [2.75, 3.05) is 18.1 Å². The van der Waals surface area contributed by atoms with E-state index in [-0.39, 0.29) is 36.7 Å². The van der Waals surface area contributed by atoms with Gasteiger partial charge in [0.15, 0.2) is 0 Å². The van der Waals surface area contributed by atoms with E-state index >= 15 is 0 Å². The van der Waals surface area contributed by atoms with E-state index in [1.807, 2.05) is 0 Å². The first-order chi connectivity index (χ1) is 10.9. The van der Waals surface area contributed by atoms with Gasteiger partial charge in [0.25, 0.3) is 0 Å². The molecule has 0 radical (unpaired) electrons. The van der Waals surface area contributed by atoms with Crippen LogP contribution in [-0.2, 0) is 24.1 Å². The highest BCUT2D eigenvalue weighted by atomic mass is 32.2. The van der Waals surface area contributed by atoms with Crippen LogP contribution in [0.4, 0.5) is 22.0 Å². The van der Waals surface area contributed by atoms with Gasteiger partial charge in [-0.1, -0.05) is 6.58 Å². The molecule has 0 bridgehead atoms. The second-order valence-corrected chi connectivity index (χ2v) is 7.72. The van der Waals surface area contributed by atoms with Gasteiger partial charge in [-0.05, 0) is 25.2 Å². The van der Waals surface area contributed by atoms with Crippen LogP contribution in [0.1, 0.15) is 19.3 Å². The molecule has 140 valence electrons. The van der Waals surface area contributed by atoms with Crippen LogP contribution in [0.3, 0.4) is 0 Å². The Bertz CT molecular complexity index is 544. The van der Waals surface area contributed by atoms with Crippen LogP contribution in [0, 0.1) is 5.92 Å². The van der Waals surface area contributed by atoms with Gasteiger partial charge >= 0.3 is 18.3 Å². The lowest BCUT2D eigenvalue weighted by molar-refractivity contribution is -0.394. The maximum absolute atomic E-state index is 12.8. The minimum atomic E-state index is -5.89. The molecular weight excluding hydrogens is 363 g/mol. The zero-order chi connectivity index (χ0) is 18.6. The molecule has 0 aromatic rings. The highest BCUT2D eigenvalue weighted by molar-refractivity contribution is 7.91. The van der Waals surface area contributed by atoms with Crippen LogP contribution in [-0.4, -0.2) is 50.9 Å². The molecule has 0 aliphatic carbocycles. The van der Waals surface area contributed by atoms with Crippen LogP contribution in [0.25, 0.3) is 0 Å². The van der Waals surface area contributed by atoms with E-state index in [4.69, 9.17) is 4.74 Å². The summed E-state index contributed by atoms with van der Waals surface area (Å²) < 4.78 is 92.9. The van der Waals surface area contributed by atoms with Gasteiger partial charge in [-0.2, -0.15) is 22.0 Å². The Labute approximate surface area is 135 Å². The third-order valence-corrected chi connectivity index (χ3v) is 5.22. The molecule has 1 fully saturated rings. The van der Waals surface area contributed by atoms with E-state index in [0.717, 1.165) is 6.08 Å². The molecule has 1 aliphatic rings. The first-order valence-electron chi connectivity index (χ1n) is 6.98. The standard InChI is InChI=1S/C13H17F5O5S/c1-2-11(19)23-10(8-22-13(17,18)12(14,15)16)7-9-3-5-24(20,21)6-4-9/h2,9-10H,1,3-8H2. The van der Waals surface area contributed by atoms with Gasteiger partial charge in [0, 0.05) is 6.08 Å². The highest BCUT2D eigenvalue weighted by Gasteiger charge is 2.59. The van der Waals surface area contributed by atoms with E-state index < -0.39 is 40.8 Å². The molecule has 0 spiro atoms. The van der Waals surface area contributed by atoms with Crippen LogP contribution in [0.15, 0.2) is 12.7 Å². The summed E-state index contributed by atoms with van der Waals surface area (Å²) in [6, 6.07) is 0. The van der Waals surface area contributed by atoms with Gasteiger partial charge in [0.2, 0.25) is 0 Å². The monoisotopic (exact) mass is 380 g/mol. The number of alkyl halides is 5. The number of hydrogen-bond donors (Lipinski definition) is 0. The Morgan fingerprint density at radius 3 is 2.21 bits per heavy atom. The molecule has 5 nitrogen and oxygen atoms in total. The fraction of sp³-hybridized carbons (Fsp3) is 0.769. The van der Waals surface area contributed by atoms with Crippen molar-refractivity contribution in [1.29, 1.82) is 0 Å². The van der Waals surface area contributed by atoms with E-state index in [9.17, 15) is 35.2 Å². The maximum Gasteiger partial charge on any atom is 0.482 e. The van der Waals surface area contributed by atoms with Crippen molar-refractivity contribution in [3.05, 3.63) is 12.7 Å². The summed E-state index contributed by atoms with van der Waals surface area (Å²) in [5.41, 5.74) is 0. The summed E-state index contributed by atoms with van der Waals surface area (Å²) >= 11 is 0. The summed E-state index contributed by atoms with van der Waals surface area (Å²) in [5, 5.41) is 0. The van der Waals surface area contributed by atoms with Crippen LogP contribution >= 0.6 is 0 Å². The van der Waals surface area contributed by atoms with Crippen LogP contribution in [0.5, 0.6) is 0 Å². The summed E-state index contributed by atoms with van der Waals surface area (Å²) in [6.07, 6.45) is -11.6. The predicted molar refractivity (Wildman–Crippen MR) is 73.0 cm³/mol. The van der Waals surface area contributed by atoms with Crippen molar-refractivity contribution in [3.63, 3.8) is 0 Å². The normalized spacial score (nSPS) is 20.4. The number of carbonyl (C=O) groups excluding carboxylic acids is 1. The maximum atomic E-state index is 12.8. The van der Waals surface area contributed by atoms with Gasteiger partial charge in [0.05, 0.1) is 18.1 Å². The molecule has 24 heavy (non-hydrogen) atoms. The Balaban J connectivity index is 2.67. The van der Waals surface area contributed by atoms with E-state index in [1.54, 1.807) is 0 Å². The second-order valence-electron chi connectivity index (χ2n) is 5.42. The Kier molecular flexibility index (Phi) is 6.74. The van der Waals surface area contributed by atoms with Gasteiger partial charge in [-0.25, -0.2) is 13.2 Å². The molecule has 11 heteroatoms. The van der Waals surface area contributed by atoms with Gasteiger partial charge in [-0.15, -0.1) is 0 Å². The largest absolute Gasteiger partial charge is 0.482 e. The second kappa shape index (κ2) is 7.77. The predicted octanol–water partition coefficient (Wildman–Crippen LogP) is 2.47. The topological polar surface area (TPSA) is 69.7 Å². The number of hydrogen-bond acceptors (Lipinski definition) is 5. The summed E-state index contributed by atoms with van der Waals surface area (Å²) in [5.74, 6) is -1.51. The fourth-order valence-corrected chi connectivity index (χ4v) is 3.78. The van der Waals surface area contributed by atoms with Crippen molar-refractivity contribution < 1.29 is 44.6 Å². The minimum Gasteiger partial charge on any atom is -0.457 e. The van der Waals surface area contributed by atoms with Crippen molar-refractivity contribution >= 4 is 15.8 Å². The number of sulfone groups is 1. The quantitative estimate of drug-likeness (QED) is 0.386. The molecule has 1 unspecified atom stereocenters. The Morgan fingerprint density at radius 1 is 1.21 bits per heavy atom. The van der Waals surface area contributed by atoms with Crippen molar-refractivity contribution in [2.45, 2.75) is 37.7 Å². The molecule has 1 atom stereocenters. The molecule has 0 N–H and O–H groups in total. The lowest BCUT2D eigenvalue weighted by Crippen LogP contribution is -2.42. The van der Waals surface area contributed by atoms with Gasteiger partial charge < -0.3 is 9.47 Å². The lowest BCUT2D eigenvalue weighted by Gasteiger charge is -2.27. The number of carbonyl (C=O) groups is 1. The summed E-state index contributed by atoms with van der Waals surface area (Å²) in [4.78, 5) is 11.2. The fourth-order valence-electron chi connectivity index (χ4n) is 2.19. The molecule has 0 aromatic carbocycles. The van der Waals surface area contributed by atoms with Crippen molar-refractivity contribution in [2.24, 2.45) is 5.92 Å². The van der Waals surface area contributed by atoms with Crippen LogP contribution in [0.2, 0.25) is 0 Å². The van der Waals surface area contributed by atoms with Gasteiger partial charge in [-0.3, -0.25) is 0 Å². The molecule has 1 aliphatic heterocycles. The molecule has 1 saturated heterocycles. The molecule has 0 aromatic heterocycles. The molecular formula is C13H17F5O5S. The van der Waals surface area contributed by atoms with E-state index in [2.05, 4.69) is 11.3 Å². The zero-order valence-corrected chi connectivity index (χ0v) is 13.3. The average Bonchev–Trinajstić information content (AvgIpc) is 2.45. The van der Waals surface area contributed by atoms with Crippen LogP contribution < -0.4 is 0 Å². The molecule has 0 amide bonds. The van der Waals surface area contributed by atoms with Gasteiger partial charge in [0.1, 0.15) is 15.9 Å². The van der Waals surface area contributed by atoms with E-state index in [1.165, 1.54) is 0 Å². The van der Waals surface area contributed by atoms with Crippen molar-refractivity contribution in [3.8, 4) is 0 Å². The Morgan fingerprint density at radius 2 is 1.75 bits per heavy atom. The van der Waals surface area contributed by atoms with E-state index in [0.29, 0.717) is 0 Å². The number of halogens is 5. The average molecular weight is 380 g/mol. The third kappa shape index (κ3) is 6.34. The SMILES string of the molecule is C=CC(=O)OC(COC(F)(F)C(F)(F)F)CC1CCS(=O)(=O)CC1. The van der Waals surface area contributed by atoms with Crippen molar-refractivity contribution in [1.82, 2.24) is 0 Å². The summed E-state index contributed by atoms with van der Waals surface area (Å²) in [7, 11) is -3.16. The summed E-state index contributed by atoms with van der Waals surface area (Å²) in [6.45, 7) is 1.93. The smallest absolute Gasteiger partial charge is 0.457 e. The highest BCUT2D eigenvalue weighted by Crippen LogP contribution is 2.36. The minimum absolute atomic E-state index is 0.0803. The lowest BCUT2D eigenvalue weighted by atomic mass is 9.96. The molecule has 0 saturated carbocycles. The number of ether oxygens (including phenoxy) is 2. The zero-order valence-electron chi connectivity index (χ0n) is 12.5. The molecule has 1 rings (SSSR count). The molecule has 1 heterocycles. The first kappa shape index (κ1) is 20.8. The number of rotatable bonds is 7. The first-order valence-corrected chi connectivity index (χ1v) is 8.80.